The summed E-state index contributed by atoms with van der Waals surface area (Å²) >= 11 is 0. The molecule has 126 valence electrons. The van der Waals surface area contributed by atoms with Crippen molar-refractivity contribution in [3.8, 4) is 0 Å². The van der Waals surface area contributed by atoms with E-state index < -0.39 is 0 Å². The molecule has 23 heavy (non-hydrogen) atoms. The van der Waals surface area contributed by atoms with Gasteiger partial charge in [0.1, 0.15) is 0 Å². The topological polar surface area (TPSA) is 61.4 Å². The normalized spacial score (nSPS) is 15.4. The van der Waals surface area contributed by atoms with Gasteiger partial charge in [0.25, 0.3) is 0 Å². The third-order valence-corrected chi connectivity index (χ3v) is 4.30. The summed E-state index contributed by atoms with van der Waals surface area (Å²) in [6, 6.07) is 4.13. The second kappa shape index (κ2) is 7.13. The number of aryl methyl sites for hydroxylation is 3. The highest BCUT2D eigenvalue weighted by atomic mass is 16.2. The Morgan fingerprint density at radius 2 is 1.78 bits per heavy atom. The monoisotopic (exact) mass is 317 g/mol. The Balaban J connectivity index is 1.92. The zero-order chi connectivity index (χ0) is 17.1. The fourth-order valence-corrected chi connectivity index (χ4v) is 2.67. The van der Waals surface area contributed by atoms with Gasteiger partial charge in [0.05, 0.1) is 12.6 Å². The first-order valence-electron chi connectivity index (χ1n) is 8.16. The number of amides is 2. The number of anilines is 1. The number of carbonyl (C=O) groups excluding carboxylic acids is 2. The van der Waals surface area contributed by atoms with Crippen LogP contribution in [0.1, 0.15) is 36.5 Å². The minimum absolute atomic E-state index is 0.00880. The summed E-state index contributed by atoms with van der Waals surface area (Å²) in [5.74, 6) is -0.112. The van der Waals surface area contributed by atoms with Gasteiger partial charge in [-0.05, 0) is 58.7 Å². The highest BCUT2D eigenvalue weighted by molar-refractivity contribution is 5.94. The number of likely N-dealkylation sites (N-methyl/N-ethyl adjacent to an activating group) is 1. The molecule has 5 heteroatoms. The lowest BCUT2D eigenvalue weighted by Crippen LogP contribution is -2.46. The van der Waals surface area contributed by atoms with Crippen molar-refractivity contribution in [2.24, 2.45) is 0 Å². The van der Waals surface area contributed by atoms with Gasteiger partial charge in [-0.15, -0.1) is 0 Å². The highest BCUT2D eigenvalue weighted by Crippen LogP contribution is 2.22. The van der Waals surface area contributed by atoms with Crippen LogP contribution in [0.2, 0.25) is 0 Å². The van der Waals surface area contributed by atoms with E-state index in [9.17, 15) is 9.59 Å². The molecule has 1 aromatic carbocycles. The summed E-state index contributed by atoms with van der Waals surface area (Å²) < 4.78 is 0. The molecule has 2 amide bonds. The lowest BCUT2D eigenvalue weighted by molar-refractivity contribution is -0.126. The Kier molecular flexibility index (Phi) is 5.42. The van der Waals surface area contributed by atoms with Gasteiger partial charge in [-0.1, -0.05) is 17.7 Å². The van der Waals surface area contributed by atoms with Crippen molar-refractivity contribution in [3.63, 3.8) is 0 Å². The van der Waals surface area contributed by atoms with Gasteiger partial charge < -0.3 is 10.6 Å². The minimum atomic E-state index is -0.318. The summed E-state index contributed by atoms with van der Waals surface area (Å²) in [5, 5.41) is 5.94. The van der Waals surface area contributed by atoms with E-state index >= 15 is 0 Å². The average molecular weight is 317 g/mol. The number of carbonyl (C=O) groups is 2. The molecule has 1 aromatic rings. The maximum absolute atomic E-state index is 12.3. The van der Waals surface area contributed by atoms with Crippen LogP contribution in [-0.4, -0.2) is 42.4 Å². The summed E-state index contributed by atoms with van der Waals surface area (Å²) in [6.45, 7) is 8.04. The molecule has 0 radical (unpaired) electrons. The second-order valence-corrected chi connectivity index (χ2v) is 6.70. The van der Waals surface area contributed by atoms with Gasteiger partial charge in [0.2, 0.25) is 11.8 Å². The molecule has 1 aliphatic rings. The van der Waals surface area contributed by atoms with E-state index in [1.165, 1.54) is 5.56 Å². The molecule has 0 bridgehead atoms. The number of benzene rings is 1. The fraction of sp³-hybridized carbons (Fsp3) is 0.556. The number of hydrogen-bond donors (Lipinski definition) is 2. The van der Waals surface area contributed by atoms with Crippen molar-refractivity contribution in [1.82, 2.24) is 10.2 Å². The van der Waals surface area contributed by atoms with Gasteiger partial charge in [-0.3, -0.25) is 14.5 Å². The molecule has 0 saturated heterocycles. The smallest absolute Gasteiger partial charge is 0.238 e. The van der Waals surface area contributed by atoms with Crippen LogP contribution < -0.4 is 10.6 Å². The first-order valence-corrected chi connectivity index (χ1v) is 8.16. The molecule has 1 atom stereocenters. The third-order valence-electron chi connectivity index (χ3n) is 4.30. The van der Waals surface area contributed by atoms with Crippen LogP contribution in [0.3, 0.4) is 0 Å². The Labute approximate surface area is 138 Å². The first-order chi connectivity index (χ1) is 10.8. The minimum Gasteiger partial charge on any atom is -0.352 e. The van der Waals surface area contributed by atoms with Crippen molar-refractivity contribution in [3.05, 3.63) is 28.8 Å². The highest BCUT2D eigenvalue weighted by Gasteiger charge is 2.27. The van der Waals surface area contributed by atoms with Gasteiger partial charge in [0, 0.05) is 11.7 Å². The van der Waals surface area contributed by atoms with Crippen LogP contribution in [0.15, 0.2) is 12.1 Å². The molecule has 0 unspecified atom stereocenters. The first kappa shape index (κ1) is 17.5. The summed E-state index contributed by atoms with van der Waals surface area (Å²) in [6.07, 6.45) is 2.13. The predicted molar refractivity (Wildman–Crippen MR) is 92.5 cm³/mol. The Morgan fingerprint density at radius 1 is 1.22 bits per heavy atom. The Morgan fingerprint density at radius 3 is 2.30 bits per heavy atom. The molecule has 0 aromatic heterocycles. The summed E-state index contributed by atoms with van der Waals surface area (Å²) in [5.41, 5.74) is 4.15. The van der Waals surface area contributed by atoms with Crippen molar-refractivity contribution in [2.45, 2.75) is 52.6 Å². The van der Waals surface area contributed by atoms with Gasteiger partial charge in [-0.2, -0.15) is 0 Å². The molecular weight excluding hydrogens is 290 g/mol. The summed E-state index contributed by atoms with van der Waals surface area (Å²) in [7, 11) is 1.80. The number of rotatable bonds is 6. The van der Waals surface area contributed by atoms with E-state index in [1.807, 2.05) is 27.7 Å². The molecule has 2 N–H and O–H groups in total. The number of nitrogens with zero attached hydrogens (tertiary/aromatic N) is 1. The molecule has 1 saturated carbocycles. The van der Waals surface area contributed by atoms with Crippen LogP contribution in [0.25, 0.3) is 0 Å². The van der Waals surface area contributed by atoms with Gasteiger partial charge >= 0.3 is 0 Å². The maximum atomic E-state index is 12.3. The second-order valence-electron chi connectivity index (χ2n) is 6.70. The fourth-order valence-electron chi connectivity index (χ4n) is 2.67. The Hall–Kier alpha value is -1.88. The van der Waals surface area contributed by atoms with Crippen LogP contribution in [0.4, 0.5) is 5.69 Å². The zero-order valence-corrected chi connectivity index (χ0v) is 14.7. The molecule has 1 fully saturated rings. The predicted octanol–water partition coefficient (Wildman–Crippen LogP) is 2.15. The molecule has 0 aliphatic heterocycles. The standard InChI is InChI=1S/C18H27N3O2/c1-11-8-12(2)17(13(3)9-11)20-16(22)10-21(5)14(4)18(23)19-15-6-7-15/h8-9,14-15H,6-7,10H2,1-5H3,(H,19,23)(H,20,22)/t14-/m1/s1. The molecule has 0 heterocycles. The summed E-state index contributed by atoms with van der Waals surface area (Å²) in [4.78, 5) is 26.1. The zero-order valence-electron chi connectivity index (χ0n) is 14.7. The number of nitrogens with one attached hydrogen (secondary N) is 2. The lowest BCUT2D eigenvalue weighted by atomic mass is 10.1. The molecule has 0 spiro atoms. The van der Waals surface area contributed by atoms with E-state index in [0.717, 1.165) is 29.7 Å². The third kappa shape index (κ3) is 4.79. The van der Waals surface area contributed by atoms with Crippen molar-refractivity contribution in [2.75, 3.05) is 18.9 Å². The van der Waals surface area contributed by atoms with E-state index in [1.54, 1.807) is 11.9 Å². The molecule has 5 nitrogen and oxygen atoms in total. The van der Waals surface area contributed by atoms with Crippen LogP contribution >= 0.6 is 0 Å². The largest absolute Gasteiger partial charge is 0.352 e. The van der Waals surface area contributed by atoms with E-state index in [2.05, 4.69) is 22.8 Å². The molecule has 2 rings (SSSR count). The Bertz CT molecular complexity index is 585. The SMILES string of the molecule is Cc1cc(C)c(NC(=O)CN(C)[C@H](C)C(=O)NC2CC2)c(C)c1. The maximum Gasteiger partial charge on any atom is 0.238 e. The number of hydrogen-bond acceptors (Lipinski definition) is 3. The van der Waals surface area contributed by atoms with Crippen molar-refractivity contribution >= 4 is 17.5 Å². The quantitative estimate of drug-likeness (QED) is 0.845. The van der Waals surface area contributed by atoms with E-state index in [4.69, 9.17) is 0 Å². The lowest BCUT2D eigenvalue weighted by Gasteiger charge is -2.23. The van der Waals surface area contributed by atoms with Crippen molar-refractivity contribution in [1.29, 1.82) is 0 Å². The van der Waals surface area contributed by atoms with Gasteiger partial charge in [0.15, 0.2) is 0 Å². The molecular formula is C18H27N3O2. The van der Waals surface area contributed by atoms with Crippen LogP contribution in [0.5, 0.6) is 0 Å². The van der Waals surface area contributed by atoms with Gasteiger partial charge in [-0.25, -0.2) is 0 Å². The van der Waals surface area contributed by atoms with E-state index in [0.29, 0.717) is 6.04 Å². The van der Waals surface area contributed by atoms with Crippen LogP contribution in [0, 0.1) is 20.8 Å². The van der Waals surface area contributed by atoms with Crippen LogP contribution in [-0.2, 0) is 9.59 Å². The van der Waals surface area contributed by atoms with E-state index in [-0.39, 0.29) is 24.4 Å². The average Bonchev–Trinajstić information content (AvgIpc) is 3.25. The van der Waals surface area contributed by atoms with Crippen molar-refractivity contribution < 1.29 is 9.59 Å². The molecule has 1 aliphatic carbocycles.